The van der Waals surface area contributed by atoms with E-state index in [1.54, 1.807) is 37.5 Å². The molecule has 2 aromatic heterocycles. The first-order valence-corrected chi connectivity index (χ1v) is 13.8. The zero-order valence-corrected chi connectivity index (χ0v) is 23.3. The van der Waals surface area contributed by atoms with Gasteiger partial charge in [0, 0.05) is 48.6 Å². The second kappa shape index (κ2) is 11.1. The number of nitrogens with one attached hydrogen (secondary N) is 3. The summed E-state index contributed by atoms with van der Waals surface area (Å²) < 4.78 is 47.5. The van der Waals surface area contributed by atoms with Crippen molar-refractivity contribution < 1.29 is 22.7 Å². The third-order valence-corrected chi connectivity index (χ3v) is 8.24. The third kappa shape index (κ3) is 5.95. The van der Waals surface area contributed by atoms with E-state index < -0.39 is 5.51 Å². The molecule has 5 rings (SSSR count). The summed E-state index contributed by atoms with van der Waals surface area (Å²) in [5, 5.41) is 9.19. The minimum Gasteiger partial charge on any atom is -0.495 e. The number of anilines is 2. The van der Waals surface area contributed by atoms with E-state index in [-0.39, 0.29) is 46.4 Å². The van der Waals surface area contributed by atoms with Crippen molar-refractivity contribution in [2.75, 3.05) is 51.5 Å². The molecule has 1 spiro atoms. The van der Waals surface area contributed by atoms with E-state index in [9.17, 15) is 18.0 Å². The number of piperidine rings is 1. The van der Waals surface area contributed by atoms with Gasteiger partial charge in [-0.2, -0.15) is 13.2 Å². The van der Waals surface area contributed by atoms with E-state index in [4.69, 9.17) is 4.74 Å². The number of benzene rings is 1. The molecule has 1 amide bonds. The number of thioether (sulfide) groups is 1. The Morgan fingerprint density at radius 2 is 2.08 bits per heavy atom. The predicted molar refractivity (Wildman–Crippen MR) is 150 cm³/mol. The molecule has 1 aliphatic carbocycles. The van der Waals surface area contributed by atoms with E-state index in [1.807, 2.05) is 6.07 Å². The quantitative estimate of drug-likeness (QED) is 0.280. The number of alkyl halides is 3. The van der Waals surface area contributed by atoms with Crippen LogP contribution >= 0.6 is 11.8 Å². The number of fused-ring (bicyclic) bond motifs is 1. The summed E-state index contributed by atoms with van der Waals surface area (Å²) >= 11 is -0.217. The van der Waals surface area contributed by atoms with Crippen LogP contribution < -0.4 is 20.7 Å². The summed E-state index contributed by atoms with van der Waals surface area (Å²) in [5.41, 5.74) is -2.06. The molecule has 1 aromatic carbocycles. The molecule has 2 aliphatic rings. The molecular formula is C28H31F3N6O2S. The standard InChI is InChI=1S/C28H31F3N6O2S/c1-32-25(38)18-8-9-19(22(16-18)39-3)33-13-4-6-21-26(40-28(29,30)31)37-14-5-7-20(24(37)35-21)34-23-10-15-36(2)17-27(23)11-12-27/h5,7-9,14,16,23,33-34H,10-13,15,17H2,1-3H3,(H,32,38). The molecule has 0 bridgehead atoms. The van der Waals surface area contributed by atoms with Gasteiger partial charge in [-0.25, -0.2) is 4.98 Å². The van der Waals surface area contributed by atoms with E-state index >= 15 is 0 Å². The Morgan fingerprint density at radius 1 is 1.27 bits per heavy atom. The van der Waals surface area contributed by atoms with Gasteiger partial charge in [-0.05, 0) is 69.1 Å². The molecule has 40 heavy (non-hydrogen) atoms. The van der Waals surface area contributed by atoms with Crippen LogP contribution in [0.2, 0.25) is 0 Å². The van der Waals surface area contributed by atoms with Crippen molar-refractivity contribution >= 4 is 34.7 Å². The monoisotopic (exact) mass is 572 g/mol. The first kappa shape index (κ1) is 28.0. The van der Waals surface area contributed by atoms with Crippen molar-refractivity contribution in [3.63, 3.8) is 0 Å². The Morgan fingerprint density at radius 3 is 2.77 bits per heavy atom. The number of likely N-dealkylation sites (tertiary alicyclic amines) is 1. The zero-order valence-electron chi connectivity index (χ0n) is 22.5. The summed E-state index contributed by atoms with van der Waals surface area (Å²) in [6.07, 6.45) is 4.84. The van der Waals surface area contributed by atoms with E-state index in [1.165, 1.54) is 11.5 Å². The Balaban J connectivity index is 1.40. The number of methoxy groups -OCH3 is 1. The summed E-state index contributed by atoms with van der Waals surface area (Å²) in [7, 11) is 5.15. The number of aromatic nitrogens is 2. The number of pyridine rings is 1. The molecule has 2 fully saturated rings. The summed E-state index contributed by atoms with van der Waals surface area (Å²) in [6.45, 7) is 2.11. The lowest BCUT2D eigenvalue weighted by molar-refractivity contribution is -0.0330. The van der Waals surface area contributed by atoms with Crippen molar-refractivity contribution in [3.05, 3.63) is 47.8 Å². The van der Waals surface area contributed by atoms with Crippen LogP contribution in [0.1, 0.15) is 35.3 Å². The first-order chi connectivity index (χ1) is 19.1. The maximum Gasteiger partial charge on any atom is 0.447 e. The number of rotatable bonds is 7. The molecule has 12 heteroatoms. The van der Waals surface area contributed by atoms with Crippen molar-refractivity contribution in [2.24, 2.45) is 5.41 Å². The van der Waals surface area contributed by atoms with E-state index in [0.29, 0.717) is 28.3 Å². The normalized spacial score (nSPS) is 18.2. The molecule has 8 nitrogen and oxygen atoms in total. The largest absolute Gasteiger partial charge is 0.495 e. The van der Waals surface area contributed by atoms with Gasteiger partial charge in [-0.3, -0.25) is 9.20 Å². The van der Waals surface area contributed by atoms with Crippen LogP contribution in [0.5, 0.6) is 5.75 Å². The Kier molecular flexibility index (Phi) is 7.79. The number of carbonyl (C=O) groups is 1. The SMILES string of the molecule is CNC(=O)c1ccc(NCC#Cc2nc3c(NC4CCN(C)CC45CC5)cccn3c2SC(F)(F)F)c(OC)c1. The first-order valence-electron chi connectivity index (χ1n) is 13.0. The Bertz CT molecular complexity index is 1470. The van der Waals surface area contributed by atoms with Gasteiger partial charge in [0.15, 0.2) is 5.65 Å². The van der Waals surface area contributed by atoms with Crippen molar-refractivity contribution in [1.29, 1.82) is 0 Å². The smallest absolute Gasteiger partial charge is 0.447 e. The molecule has 3 N–H and O–H groups in total. The molecule has 1 atom stereocenters. The average molecular weight is 573 g/mol. The summed E-state index contributed by atoms with van der Waals surface area (Å²) in [5.74, 6) is 5.92. The summed E-state index contributed by atoms with van der Waals surface area (Å²) in [4.78, 5) is 18.8. The van der Waals surface area contributed by atoms with Crippen LogP contribution in [0.15, 0.2) is 41.6 Å². The molecular weight excluding hydrogens is 541 g/mol. The number of nitrogens with zero attached hydrogens (tertiary/aromatic N) is 3. The lowest BCUT2D eigenvalue weighted by atomic mass is 9.89. The van der Waals surface area contributed by atoms with Gasteiger partial charge in [-0.1, -0.05) is 5.92 Å². The average Bonchev–Trinajstić information content (AvgIpc) is 3.60. The lowest BCUT2D eigenvalue weighted by Gasteiger charge is -2.38. The van der Waals surface area contributed by atoms with Crippen molar-refractivity contribution in [1.82, 2.24) is 19.6 Å². The van der Waals surface area contributed by atoms with Crippen molar-refractivity contribution in [3.8, 4) is 17.6 Å². The van der Waals surface area contributed by atoms with E-state index in [0.717, 1.165) is 32.4 Å². The fraction of sp³-hybridized carbons (Fsp3) is 0.429. The second-order valence-corrected chi connectivity index (χ2v) is 11.2. The number of imidazole rings is 1. The Hall–Kier alpha value is -3.56. The molecule has 212 valence electrons. The third-order valence-electron chi connectivity index (χ3n) is 7.43. The fourth-order valence-electron chi connectivity index (χ4n) is 5.30. The van der Waals surface area contributed by atoms with Gasteiger partial charge in [0.2, 0.25) is 0 Å². The Labute approximate surface area is 235 Å². The highest BCUT2D eigenvalue weighted by molar-refractivity contribution is 8.00. The van der Waals surface area contributed by atoms with Crippen LogP contribution in [0, 0.1) is 17.3 Å². The molecule has 0 radical (unpaired) electrons. The van der Waals surface area contributed by atoms with E-state index in [2.05, 4.69) is 44.7 Å². The van der Waals surface area contributed by atoms with Crippen LogP contribution in [0.25, 0.3) is 5.65 Å². The van der Waals surface area contributed by atoms with Gasteiger partial charge in [0.05, 0.1) is 25.0 Å². The van der Waals surface area contributed by atoms with Crippen LogP contribution in [-0.4, -0.2) is 72.6 Å². The van der Waals surface area contributed by atoms with Crippen LogP contribution in [-0.2, 0) is 0 Å². The molecule has 1 saturated heterocycles. The van der Waals surface area contributed by atoms with Gasteiger partial charge in [0.25, 0.3) is 5.91 Å². The zero-order chi connectivity index (χ0) is 28.5. The number of hydrogen-bond donors (Lipinski definition) is 3. The van der Waals surface area contributed by atoms with Gasteiger partial charge in [-0.15, -0.1) is 0 Å². The van der Waals surface area contributed by atoms with Gasteiger partial charge < -0.3 is 25.6 Å². The number of ether oxygens (including phenoxy) is 1. The number of amides is 1. The number of halogens is 3. The molecule has 1 unspecified atom stereocenters. The number of hydrogen-bond acceptors (Lipinski definition) is 7. The molecule has 1 saturated carbocycles. The highest BCUT2D eigenvalue weighted by Crippen LogP contribution is 2.53. The highest BCUT2D eigenvalue weighted by Gasteiger charge is 2.51. The molecule has 1 aliphatic heterocycles. The van der Waals surface area contributed by atoms with Crippen LogP contribution in [0.3, 0.4) is 0 Å². The van der Waals surface area contributed by atoms with Crippen molar-refractivity contribution in [2.45, 2.75) is 35.8 Å². The van der Waals surface area contributed by atoms with Gasteiger partial charge in [0.1, 0.15) is 16.5 Å². The number of carbonyl (C=O) groups excluding carboxylic acids is 1. The topological polar surface area (TPSA) is 82.9 Å². The predicted octanol–water partition coefficient (Wildman–Crippen LogP) is 4.67. The second-order valence-electron chi connectivity index (χ2n) is 10.2. The van der Waals surface area contributed by atoms with Crippen LogP contribution in [0.4, 0.5) is 24.5 Å². The lowest BCUT2D eigenvalue weighted by Crippen LogP contribution is -2.46. The highest BCUT2D eigenvalue weighted by atomic mass is 32.2. The molecule has 3 heterocycles. The minimum absolute atomic E-state index is 0.0600. The molecule has 3 aromatic rings. The maximum atomic E-state index is 13.6. The fourth-order valence-corrected chi connectivity index (χ4v) is 5.96. The summed E-state index contributed by atoms with van der Waals surface area (Å²) in [6, 6.07) is 8.77. The maximum absolute atomic E-state index is 13.6. The van der Waals surface area contributed by atoms with Gasteiger partial charge >= 0.3 is 5.51 Å². The minimum atomic E-state index is -4.50.